The van der Waals surface area contributed by atoms with Crippen molar-refractivity contribution in [1.29, 1.82) is 0 Å². The van der Waals surface area contributed by atoms with Crippen LogP contribution in [0.4, 0.5) is 11.4 Å². The van der Waals surface area contributed by atoms with Gasteiger partial charge in [0, 0.05) is 18.3 Å². The summed E-state index contributed by atoms with van der Waals surface area (Å²) in [4.78, 5) is 38.0. The van der Waals surface area contributed by atoms with Crippen molar-refractivity contribution >= 4 is 29.1 Å². The third-order valence-corrected chi connectivity index (χ3v) is 4.57. The topological polar surface area (TPSA) is 92.5 Å². The van der Waals surface area contributed by atoms with Crippen molar-refractivity contribution < 1.29 is 14.4 Å². The van der Waals surface area contributed by atoms with Gasteiger partial charge in [0.25, 0.3) is 11.8 Å². The van der Waals surface area contributed by atoms with Crippen molar-refractivity contribution in [3.8, 4) is 0 Å². The van der Waals surface area contributed by atoms with E-state index in [9.17, 15) is 14.4 Å². The van der Waals surface area contributed by atoms with Crippen LogP contribution in [0.15, 0.2) is 42.5 Å². The van der Waals surface area contributed by atoms with Gasteiger partial charge in [-0.1, -0.05) is 12.1 Å². The molecular formula is C19H19N3O3. The lowest BCUT2D eigenvalue weighted by Crippen LogP contribution is -2.33. The molecule has 6 nitrogen and oxygen atoms in total. The average molecular weight is 337 g/mol. The smallest absolute Gasteiger partial charge is 0.255 e. The second kappa shape index (κ2) is 5.73. The zero-order chi connectivity index (χ0) is 18.4. The number of fused-ring (bicyclic) bond motifs is 1. The Kier molecular flexibility index (Phi) is 3.83. The first-order valence-corrected chi connectivity index (χ1v) is 7.86. The normalized spacial score (nSPS) is 15.0. The van der Waals surface area contributed by atoms with Crippen molar-refractivity contribution in [2.75, 3.05) is 17.3 Å². The molecule has 2 aromatic carbocycles. The summed E-state index contributed by atoms with van der Waals surface area (Å²) in [6, 6.07) is 11.7. The molecule has 1 aliphatic rings. The number of primary amides is 1. The lowest BCUT2D eigenvalue weighted by Gasteiger charge is -2.16. The number of hydrogen-bond donors (Lipinski definition) is 2. The first-order chi connectivity index (χ1) is 11.7. The number of para-hydroxylation sites is 1. The minimum atomic E-state index is -0.689. The van der Waals surface area contributed by atoms with Gasteiger partial charge in [0.05, 0.1) is 16.7 Å². The van der Waals surface area contributed by atoms with Crippen LogP contribution in [-0.2, 0) is 10.2 Å². The van der Waals surface area contributed by atoms with Gasteiger partial charge in [0.2, 0.25) is 5.91 Å². The van der Waals surface area contributed by atoms with Crippen LogP contribution in [0.2, 0.25) is 0 Å². The van der Waals surface area contributed by atoms with Gasteiger partial charge in [0.15, 0.2) is 0 Å². The third-order valence-electron chi connectivity index (χ3n) is 4.57. The molecule has 0 bridgehead atoms. The Labute approximate surface area is 145 Å². The maximum absolute atomic E-state index is 12.6. The molecule has 0 atom stereocenters. The molecule has 128 valence electrons. The largest absolute Gasteiger partial charge is 0.366 e. The van der Waals surface area contributed by atoms with Gasteiger partial charge in [-0.05, 0) is 49.7 Å². The second-order valence-corrected chi connectivity index (χ2v) is 6.59. The van der Waals surface area contributed by atoms with Gasteiger partial charge < -0.3 is 16.0 Å². The van der Waals surface area contributed by atoms with E-state index < -0.39 is 11.3 Å². The van der Waals surface area contributed by atoms with Crippen molar-refractivity contribution in [2.24, 2.45) is 5.73 Å². The number of nitrogens with two attached hydrogens (primary N) is 1. The molecule has 0 radical (unpaired) electrons. The number of carbonyl (C=O) groups excluding carboxylic acids is 3. The fourth-order valence-corrected chi connectivity index (χ4v) is 3.12. The number of hydrogen-bond acceptors (Lipinski definition) is 3. The summed E-state index contributed by atoms with van der Waals surface area (Å²) in [7, 11) is 1.72. The van der Waals surface area contributed by atoms with E-state index in [1.165, 1.54) is 0 Å². The number of nitrogens with zero attached hydrogens (tertiary/aromatic N) is 1. The number of likely N-dealkylation sites (N-methyl/N-ethyl adjacent to an activating group) is 1. The van der Waals surface area contributed by atoms with Crippen LogP contribution in [0.3, 0.4) is 0 Å². The third kappa shape index (κ3) is 2.65. The van der Waals surface area contributed by atoms with E-state index >= 15 is 0 Å². The van der Waals surface area contributed by atoms with Crippen LogP contribution in [0.1, 0.15) is 40.1 Å². The Balaban J connectivity index is 1.95. The SMILES string of the molecule is CN1C(=O)C(C)(C)c2cc(C(=O)Nc3ccccc3C(N)=O)ccc21. The highest BCUT2D eigenvalue weighted by Crippen LogP contribution is 2.41. The van der Waals surface area contributed by atoms with E-state index in [4.69, 9.17) is 5.73 Å². The molecule has 2 aromatic rings. The summed E-state index contributed by atoms with van der Waals surface area (Å²) in [6.45, 7) is 3.67. The van der Waals surface area contributed by atoms with Gasteiger partial charge in [-0.3, -0.25) is 14.4 Å². The molecule has 3 rings (SSSR count). The zero-order valence-corrected chi connectivity index (χ0v) is 14.3. The van der Waals surface area contributed by atoms with E-state index in [0.29, 0.717) is 11.3 Å². The summed E-state index contributed by atoms with van der Waals surface area (Å²) >= 11 is 0. The molecule has 0 saturated carbocycles. The Bertz CT molecular complexity index is 903. The molecule has 0 aliphatic carbocycles. The van der Waals surface area contributed by atoms with Crippen LogP contribution in [0.5, 0.6) is 0 Å². The highest BCUT2D eigenvalue weighted by molar-refractivity contribution is 6.11. The average Bonchev–Trinajstić information content (AvgIpc) is 2.75. The summed E-state index contributed by atoms with van der Waals surface area (Å²) < 4.78 is 0. The number of nitrogens with one attached hydrogen (secondary N) is 1. The molecule has 1 heterocycles. The summed E-state index contributed by atoms with van der Waals surface area (Å²) in [5, 5.41) is 2.71. The molecule has 1 aliphatic heterocycles. The van der Waals surface area contributed by atoms with Crippen LogP contribution in [-0.4, -0.2) is 24.8 Å². The highest BCUT2D eigenvalue weighted by atomic mass is 16.2. The maximum atomic E-state index is 12.6. The van der Waals surface area contributed by atoms with E-state index in [1.807, 2.05) is 13.8 Å². The van der Waals surface area contributed by atoms with Crippen LogP contribution in [0.25, 0.3) is 0 Å². The molecular weight excluding hydrogens is 318 g/mol. The van der Waals surface area contributed by atoms with Crippen LogP contribution >= 0.6 is 0 Å². The molecule has 0 aromatic heterocycles. The van der Waals surface area contributed by atoms with Crippen LogP contribution < -0.4 is 16.0 Å². The Morgan fingerprint density at radius 1 is 1.12 bits per heavy atom. The van der Waals surface area contributed by atoms with E-state index in [2.05, 4.69) is 5.32 Å². The van der Waals surface area contributed by atoms with Gasteiger partial charge in [-0.15, -0.1) is 0 Å². The van der Waals surface area contributed by atoms with E-state index in [0.717, 1.165) is 11.3 Å². The van der Waals surface area contributed by atoms with Crippen molar-refractivity contribution in [2.45, 2.75) is 19.3 Å². The molecule has 0 unspecified atom stereocenters. The zero-order valence-electron chi connectivity index (χ0n) is 14.3. The number of benzene rings is 2. The Hall–Kier alpha value is -3.15. The number of rotatable bonds is 3. The fourth-order valence-electron chi connectivity index (χ4n) is 3.12. The predicted octanol–water partition coefficient (Wildman–Crippen LogP) is 2.29. The Morgan fingerprint density at radius 3 is 2.48 bits per heavy atom. The second-order valence-electron chi connectivity index (χ2n) is 6.59. The fraction of sp³-hybridized carbons (Fsp3) is 0.211. The quantitative estimate of drug-likeness (QED) is 0.900. The maximum Gasteiger partial charge on any atom is 0.255 e. The Morgan fingerprint density at radius 2 is 1.80 bits per heavy atom. The molecule has 6 heteroatoms. The van der Waals surface area contributed by atoms with Gasteiger partial charge >= 0.3 is 0 Å². The minimum Gasteiger partial charge on any atom is -0.366 e. The summed E-state index contributed by atoms with van der Waals surface area (Å²) in [6.07, 6.45) is 0. The van der Waals surface area contributed by atoms with E-state index in [-0.39, 0.29) is 17.4 Å². The highest BCUT2D eigenvalue weighted by Gasteiger charge is 2.42. The first-order valence-electron chi connectivity index (χ1n) is 7.86. The van der Waals surface area contributed by atoms with Crippen LogP contribution in [0, 0.1) is 0 Å². The van der Waals surface area contributed by atoms with Gasteiger partial charge in [-0.25, -0.2) is 0 Å². The molecule has 3 amide bonds. The predicted molar refractivity (Wildman–Crippen MR) is 95.8 cm³/mol. The van der Waals surface area contributed by atoms with Crippen molar-refractivity contribution in [1.82, 2.24) is 0 Å². The van der Waals surface area contributed by atoms with Crippen molar-refractivity contribution in [3.63, 3.8) is 0 Å². The summed E-state index contributed by atoms with van der Waals surface area (Å²) in [5.74, 6) is -0.994. The standard InChI is InChI=1S/C19H19N3O3/c1-19(2)13-10-11(8-9-15(13)22(3)18(19)25)17(24)21-14-7-5-4-6-12(14)16(20)23/h4-10H,1-3H3,(H2,20,23)(H,21,24). The molecule has 0 fully saturated rings. The molecule has 0 spiro atoms. The first kappa shape index (κ1) is 16.7. The number of amides is 3. The summed E-state index contributed by atoms with van der Waals surface area (Å²) in [5.41, 5.74) is 7.25. The molecule has 0 saturated heterocycles. The lowest BCUT2D eigenvalue weighted by atomic mass is 9.85. The lowest BCUT2D eigenvalue weighted by molar-refractivity contribution is -0.121. The van der Waals surface area contributed by atoms with Gasteiger partial charge in [-0.2, -0.15) is 0 Å². The minimum absolute atomic E-state index is 0.0147. The number of carbonyl (C=O) groups is 3. The monoisotopic (exact) mass is 337 g/mol. The van der Waals surface area contributed by atoms with E-state index in [1.54, 1.807) is 54.4 Å². The number of anilines is 2. The van der Waals surface area contributed by atoms with Crippen molar-refractivity contribution in [3.05, 3.63) is 59.2 Å². The molecule has 25 heavy (non-hydrogen) atoms. The molecule has 3 N–H and O–H groups in total. The van der Waals surface area contributed by atoms with Gasteiger partial charge in [0.1, 0.15) is 0 Å².